The van der Waals surface area contributed by atoms with Crippen molar-refractivity contribution in [2.45, 2.75) is 25.6 Å². The van der Waals surface area contributed by atoms with Crippen molar-refractivity contribution >= 4 is 5.91 Å². The summed E-state index contributed by atoms with van der Waals surface area (Å²) in [4.78, 5) is 12.0. The number of aliphatic hydroxyl groups excluding tert-OH is 1. The maximum absolute atomic E-state index is 12.0. The minimum atomic E-state index is -0.615. The molecule has 4 heteroatoms. The number of carbonyl (C=O) groups excluding carboxylic acids is 1. The van der Waals surface area contributed by atoms with Crippen LogP contribution in [0.3, 0.4) is 0 Å². The monoisotopic (exact) mass is 299 g/mol. The predicted octanol–water partition coefficient (Wildman–Crippen LogP) is 2.17. The van der Waals surface area contributed by atoms with E-state index in [1.807, 2.05) is 48.5 Å². The third kappa shape index (κ3) is 5.22. The molecule has 0 fully saturated rings. The van der Waals surface area contributed by atoms with E-state index in [1.165, 1.54) is 0 Å². The van der Waals surface area contributed by atoms with Crippen LogP contribution in [0.25, 0.3) is 0 Å². The van der Waals surface area contributed by atoms with Crippen LogP contribution in [0.2, 0.25) is 0 Å². The Balaban J connectivity index is 1.74. The molecule has 0 aliphatic carbocycles. The third-order valence-corrected chi connectivity index (χ3v) is 3.25. The molecule has 4 nitrogen and oxygen atoms in total. The number of carbonyl (C=O) groups is 1. The number of hydrogen-bond acceptors (Lipinski definition) is 3. The van der Waals surface area contributed by atoms with Gasteiger partial charge in [-0.2, -0.15) is 0 Å². The van der Waals surface area contributed by atoms with E-state index in [1.54, 1.807) is 19.1 Å². The molecule has 0 aliphatic heterocycles. The minimum absolute atomic E-state index is 0.205. The van der Waals surface area contributed by atoms with Gasteiger partial charge in [0.2, 0.25) is 0 Å². The minimum Gasteiger partial charge on any atom is -0.481 e. The summed E-state index contributed by atoms with van der Waals surface area (Å²) in [5.74, 6) is 0.408. The number of ether oxygens (including phenoxy) is 1. The van der Waals surface area contributed by atoms with Gasteiger partial charge < -0.3 is 15.2 Å². The van der Waals surface area contributed by atoms with Crippen LogP contribution in [0, 0.1) is 0 Å². The zero-order valence-corrected chi connectivity index (χ0v) is 12.6. The number of aliphatic hydroxyl groups is 1. The number of para-hydroxylation sites is 1. The van der Waals surface area contributed by atoms with Crippen molar-refractivity contribution in [3.8, 4) is 5.75 Å². The van der Waals surface area contributed by atoms with Crippen molar-refractivity contribution in [3.63, 3.8) is 0 Å². The first kappa shape index (κ1) is 16.0. The van der Waals surface area contributed by atoms with Gasteiger partial charge in [0.25, 0.3) is 5.91 Å². The van der Waals surface area contributed by atoms with Crippen LogP contribution in [0.1, 0.15) is 12.5 Å². The van der Waals surface area contributed by atoms with Crippen LogP contribution in [-0.4, -0.2) is 29.8 Å². The van der Waals surface area contributed by atoms with E-state index in [-0.39, 0.29) is 12.5 Å². The predicted molar refractivity (Wildman–Crippen MR) is 85.7 cm³/mol. The molecule has 0 saturated heterocycles. The molecule has 0 bridgehead atoms. The van der Waals surface area contributed by atoms with Gasteiger partial charge in [0, 0.05) is 13.0 Å². The molecule has 22 heavy (non-hydrogen) atoms. The van der Waals surface area contributed by atoms with E-state index in [4.69, 9.17) is 4.74 Å². The lowest BCUT2D eigenvalue weighted by molar-refractivity contribution is -0.127. The first-order valence-corrected chi connectivity index (χ1v) is 7.36. The van der Waals surface area contributed by atoms with Crippen LogP contribution < -0.4 is 10.1 Å². The zero-order chi connectivity index (χ0) is 15.8. The summed E-state index contributed by atoms with van der Waals surface area (Å²) in [5.41, 5.74) is 1.04. The zero-order valence-electron chi connectivity index (χ0n) is 12.6. The molecule has 2 aromatic carbocycles. The molecule has 1 amide bonds. The topological polar surface area (TPSA) is 58.6 Å². The van der Waals surface area contributed by atoms with E-state index in [0.29, 0.717) is 12.2 Å². The van der Waals surface area contributed by atoms with Crippen LogP contribution in [0.15, 0.2) is 60.7 Å². The summed E-state index contributed by atoms with van der Waals surface area (Å²) < 4.78 is 5.53. The van der Waals surface area contributed by atoms with Gasteiger partial charge in [0.05, 0.1) is 6.10 Å². The number of benzene rings is 2. The number of nitrogens with one attached hydrogen (secondary N) is 1. The molecule has 0 radical (unpaired) electrons. The van der Waals surface area contributed by atoms with E-state index in [2.05, 4.69) is 5.32 Å². The molecule has 0 heterocycles. The molecule has 2 atom stereocenters. The molecule has 2 unspecified atom stereocenters. The molecular formula is C18H21NO3. The van der Waals surface area contributed by atoms with Crippen LogP contribution in [0.4, 0.5) is 0 Å². The highest BCUT2D eigenvalue weighted by Crippen LogP contribution is 2.10. The standard InChI is InChI=1S/C18H21NO3/c1-14(22-17-10-6-3-7-11-17)18(21)19-13-16(20)12-15-8-4-2-5-9-15/h2-11,14,16,20H,12-13H2,1H3,(H,19,21). The van der Waals surface area contributed by atoms with Gasteiger partial charge in [-0.25, -0.2) is 0 Å². The Hall–Kier alpha value is -2.33. The second-order valence-electron chi connectivity index (χ2n) is 5.16. The Morgan fingerprint density at radius 1 is 1.09 bits per heavy atom. The Labute approximate surface area is 130 Å². The average molecular weight is 299 g/mol. The van der Waals surface area contributed by atoms with Crippen LogP contribution in [-0.2, 0) is 11.2 Å². The third-order valence-electron chi connectivity index (χ3n) is 3.25. The number of hydrogen-bond donors (Lipinski definition) is 2. The lowest BCUT2D eigenvalue weighted by atomic mass is 10.1. The van der Waals surface area contributed by atoms with E-state index >= 15 is 0 Å². The second-order valence-corrected chi connectivity index (χ2v) is 5.16. The highest BCUT2D eigenvalue weighted by atomic mass is 16.5. The molecule has 2 N–H and O–H groups in total. The Morgan fingerprint density at radius 2 is 1.68 bits per heavy atom. The highest BCUT2D eigenvalue weighted by molar-refractivity contribution is 5.80. The van der Waals surface area contributed by atoms with Gasteiger partial charge in [0.1, 0.15) is 5.75 Å². The molecule has 2 rings (SSSR count). The summed E-state index contributed by atoms with van der Waals surface area (Å²) in [7, 11) is 0. The smallest absolute Gasteiger partial charge is 0.260 e. The molecule has 0 saturated carbocycles. The quantitative estimate of drug-likeness (QED) is 0.824. The first-order chi connectivity index (χ1) is 10.6. The summed E-state index contributed by atoms with van der Waals surface area (Å²) in [6, 6.07) is 18.9. The fourth-order valence-corrected chi connectivity index (χ4v) is 2.08. The first-order valence-electron chi connectivity index (χ1n) is 7.36. The van der Waals surface area contributed by atoms with Crippen molar-refractivity contribution in [1.82, 2.24) is 5.32 Å². The van der Waals surface area contributed by atoms with E-state index in [9.17, 15) is 9.90 Å². The molecule has 0 aromatic heterocycles. The molecule has 116 valence electrons. The molecule has 0 spiro atoms. The Bertz CT molecular complexity index is 571. The van der Waals surface area contributed by atoms with Gasteiger partial charge in [-0.05, 0) is 24.6 Å². The second kappa shape index (κ2) is 8.20. The van der Waals surface area contributed by atoms with Crippen LogP contribution >= 0.6 is 0 Å². The van der Waals surface area contributed by atoms with Gasteiger partial charge >= 0.3 is 0 Å². The Morgan fingerprint density at radius 3 is 2.32 bits per heavy atom. The molecule has 2 aromatic rings. The normalized spacial score (nSPS) is 13.2. The molecule has 0 aliphatic rings. The Kier molecular flexibility index (Phi) is 5.98. The maximum atomic E-state index is 12.0. The maximum Gasteiger partial charge on any atom is 0.260 e. The number of rotatable bonds is 7. The summed E-state index contributed by atoms with van der Waals surface area (Å²) in [6.07, 6.45) is -0.712. The SMILES string of the molecule is CC(Oc1ccccc1)C(=O)NCC(O)Cc1ccccc1. The van der Waals surface area contributed by atoms with Crippen molar-refractivity contribution in [2.24, 2.45) is 0 Å². The number of amides is 1. The van der Waals surface area contributed by atoms with E-state index < -0.39 is 12.2 Å². The highest BCUT2D eigenvalue weighted by Gasteiger charge is 2.15. The van der Waals surface area contributed by atoms with Gasteiger partial charge in [-0.3, -0.25) is 4.79 Å². The van der Waals surface area contributed by atoms with Crippen molar-refractivity contribution in [2.75, 3.05) is 6.54 Å². The summed E-state index contributed by atoms with van der Waals surface area (Å²) >= 11 is 0. The summed E-state index contributed by atoms with van der Waals surface area (Å²) in [6.45, 7) is 1.89. The fraction of sp³-hybridized carbons (Fsp3) is 0.278. The lowest BCUT2D eigenvalue weighted by Crippen LogP contribution is -2.40. The van der Waals surface area contributed by atoms with Crippen molar-refractivity contribution < 1.29 is 14.6 Å². The van der Waals surface area contributed by atoms with Gasteiger partial charge in [-0.1, -0.05) is 48.5 Å². The van der Waals surface area contributed by atoms with Gasteiger partial charge in [-0.15, -0.1) is 0 Å². The van der Waals surface area contributed by atoms with Crippen molar-refractivity contribution in [3.05, 3.63) is 66.2 Å². The summed E-state index contributed by atoms with van der Waals surface area (Å²) in [5, 5.41) is 12.7. The average Bonchev–Trinajstić information content (AvgIpc) is 2.54. The van der Waals surface area contributed by atoms with Gasteiger partial charge in [0.15, 0.2) is 6.10 Å². The largest absolute Gasteiger partial charge is 0.481 e. The lowest BCUT2D eigenvalue weighted by Gasteiger charge is -2.16. The molecular weight excluding hydrogens is 278 g/mol. The van der Waals surface area contributed by atoms with Crippen LogP contribution in [0.5, 0.6) is 5.75 Å². The van der Waals surface area contributed by atoms with E-state index in [0.717, 1.165) is 5.56 Å². The fourth-order valence-electron chi connectivity index (χ4n) is 2.08. The van der Waals surface area contributed by atoms with Crippen molar-refractivity contribution in [1.29, 1.82) is 0 Å².